The number of anilines is 1. The van der Waals surface area contributed by atoms with Crippen molar-refractivity contribution in [1.29, 1.82) is 0 Å². The lowest BCUT2D eigenvalue weighted by Crippen LogP contribution is -2.12. The van der Waals surface area contributed by atoms with Gasteiger partial charge in [-0.2, -0.15) is 0 Å². The van der Waals surface area contributed by atoms with E-state index in [0.717, 1.165) is 11.1 Å². The number of rotatable bonds is 2. The lowest BCUT2D eigenvalue weighted by atomic mass is 10.1. The van der Waals surface area contributed by atoms with Crippen molar-refractivity contribution in [3.8, 4) is 0 Å². The lowest BCUT2D eigenvalue weighted by molar-refractivity contribution is 0.102. The summed E-state index contributed by atoms with van der Waals surface area (Å²) in [5.41, 5.74) is 3.72. The van der Waals surface area contributed by atoms with Crippen LogP contribution in [0.1, 0.15) is 21.5 Å². The zero-order valence-electron chi connectivity index (χ0n) is 14.8. The molecule has 0 saturated heterocycles. The molecule has 3 aromatic carbocycles. The molecular weight excluding hydrogens is 362 g/mol. The van der Waals surface area contributed by atoms with Gasteiger partial charge in [-0.05, 0) is 55.3 Å². The minimum atomic E-state index is -0.324. The second kappa shape index (κ2) is 6.56. The molecule has 4 nitrogen and oxygen atoms in total. The van der Waals surface area contributed by atoms with Gasteiger partial charge in [0.2, 0.25) is 5.43 Å². The highest BCUT2D eigenvalue weighted by atomic mass is 35.5. The van der Waals surface area contributed by atoms with E-state index in [0.29, 0.717) is 38.2 Å². The molecule has 0 unspecified atom stereocenters. The van der Waals surface area contributed by atoms with Crippen molar-refractivity contribution in [3.63, 3.8) is 0 Å². The second-order valence-electron chi connectivity index (χ2n) is 6.53. The van der Waals surface area contributed by atoms with E-state index in [1.165, 1.54) is 0 Å². The van der Waals surface area contributed by atoms with Crippen molar-refractivity contribution in [3.05, 3.63) is 86.5 Å². The van der Waals surface area contributed by atoms with Crippen LogP contribution in [-0.2, 0) is 0 Å². The van der Waals surface area contributed by atoms with Crippen LogP contribution in [0.3, 0.4) is 0 Å². The fourth-order valence-electron chi connectivity index (χ4n) is 3.23. The van der Waals surface area contributed by atoms with Crippen molar-refractivity contribution in [1.82, 2.24) is 0 Å². The van der Waals surface area contributed by atoms with Gasteiger partial charge in [0.1, 0.15) is 11.2 Å². The molecule has 0 aliphatic heterocycles. The van der Waals surface area contributed by atoms with Gasteiger partial charge in [0.05, 0.1) is 21.4 Å². The zero-order chi connectivity index (χ0) is 19.1. The third-order valence-corrected chi connectivity index (χ3v) is 4.81. The molecule has 0 saturated carbocycles. The highest BCUT2D eigenvalue weighted by Gasteiger charge is 2.13. The summed E-state index contributed by atoms with van der Waals surface area (Å²) >= 11 is 6.08. The molecule has 0 aliphatic rings. The van der Waals surface area contributed by atoms with Crippen molar-refractivity contribution in [2.45, 2.75) is 13.8 Å². The summed E-state index contributed by atoms with van der Waals surface area (Å²) < 4.78 is 5.99. The first-order valence-corrected chi connectivity index (χ1v) is 8.85. The molecule has 1 amide bonds. The van der Waals surface area contributed by atoms with E-state index in [4.69, 9.17) is 16.0 Å². The minimum Gasteiger partial charge on any atom is -0.455 e. The number of aryl methyl sites for hydroxylation is 2. The van der Waals surface area contributed by atoms with Gasteiger partial charge in [0.15, 0.2) is 0 Å². The average Bonchev–Trinajstić information content (AvgIpc) is 2.63. The molecule has 0 atom stereocenters. The Balaban J connectivity index is 1.81. The maximum Gasteiger partial charge on any atom is 0.257 e. The monoisotopic (exact) mass is 377 g/mol. The molecule has 1 N–H and O–H groups in total. The number of fused-ring (bicyclic) bond motifs is 2. The first-order chi connectivity index (χ1) is 12.9. The first-order valence-electron chi connectivity index (χ1n) is 8.48. The van der Waals surface area contributed by atoms with E-state index in [9.17, 15) is 9.59 Å². The number of hydrogen-bond acceptors (Lipinski definition) is 3. The normalized spacial score (nSPS) is 11.1. The van der Waals surface area contributed by atoms with Crippen molar-refractivity contribution in [2.75, 3.05) is 5.32 Å². The predicted molar refractivity (Wildman–Crippen MR) is 109 cm³/mol. The van der Waals surface area contributed by atoms with Crippen LogP contribution in [0.2, 0.25) is 5.02 Å². The number of carbonyl (C=O) groups excluding carboxylic acids is 1. The van der Waals surface area contributed by atoms with Gasteiger partial charge in [-0.25, -0.2) is 0 Å². The number of nitrogens with one attached hydrogen (secondary N) is 1. The smallest absolute Gasteiger partial charge is 0.257 e. The van der Waals surface area contributed by atoms with E-state index in [1.54, 1.807) is 42.5 Å². The van der Waals surface area contributed by atoms with Crippen LogP contribution in [0.4, 0.5) is 5.69 Å². The first kappa shape index (κ1) is 17.3. The minimum absolute atomic E-state index is 0.0815. The molecule has 134 valence electrons. The number of carbonyl (C=O) groups is 1. The molecule has 4 rings (SSSR count). The van der Waals surface area contributed by atoms with Gasteiger partial charge in [-0.3, -0.25) is 9.59 Å². The van der Waals surface area contributed by atoms with Crippen LogP contribution in [0, 0.1) is 13.8 Å². The Morgan fingerprint density at radius 1 is 1.00 bits per heavy atom. The van der Waals surface area contributed by atoms with E-state index in [-0.39, 0.29) is 11.3 Å². The van der Waals surface area contributed by atoms with E-state index in [2.05, 4.69) is 5.32 Å². The molecule has 27 heavy (non-hydrogen) atoms. The summed E-state index contributed by atoms with van der Waals surface area (Å²) in [5, 5.41) is 4.21. The quantitative estimate of drug-likeness (QED) is 0.471. The molecule has 4 aromatic rings. The standard InChI is InChI=1S/C22H16ClNO3/c1-12-9-13(2)21-17(10-12)20(25)16-8-7-14(11-19(16)27-21)24-22(26)15-5-3-4-6-18(15)23/h3-11H,1-2H3,(H,24,26). The number of hydrogen-bond donors (Lipinski definition) is 1. The number of amides is 1. The van der Waals surface area contributed by atoms with Gasteiger partial charge in [0.25, 0.3) is 5.91 Å². The number of halogens is 1. The van der Waals surface area contributed by atoms with Crippen LogP contribution in [0.25, 0.3) is 21.9 Å². The Morgan fingerprint density at radius 3 is 2.56 bits per heavy atom. The van der Waals surface area contributed by atoms with Crippen molar-refractivity contribution < 1.29 is 9.21 Å². The largest absolute Gasteiger partial charge is 0.455 e. The van der Waals surface area contributed by atoms with Gasteiger partial charge in [-0.1, -0.05) is 29.8 Å². The SMILES string of the molecule is Cc1cc(C)c2oc3cc(NC(=O)c4ccccc4Cl)ccc3c(=O)c2c1. The average molecular weight is 378 g/mol. The molecule has 0 aliphatic carbocycles. The Hall–Kier alpha value is -3.11. The molecule has 0 radical (unpaired) electrons. The molecule has 0 spiro atoms. The lowest BCUT2D eigenvalue weighted by Gasteiger charge is -2.09. The maximum atomic E-state index is 12.8. The molecule has 0 fully saturated rings. The summed E-state index contributed by atoms with van der Waals surface area (Å²) in [6.45, 7) is 3.86. The zero-order valence-corrected chi connectivity index (χ0v) is 15.6. The van der Waals surface area contributed by atoms with Crippen LogP contribution in [0.15, 0.2) is 63.8 Å². The van der Waals surface area contributed by atoms with E-state index < -0.39 is 0 Å². The van der Waals surface area contributed by atoms with Gasteiger partial charge in [0, 0.05) is 11.8 Å². The number of benzene rings is 3. The Kier molecular flexibility index (Phi) is 4.21. The fourth-order valence-corrected chi connectivity index (χ4v) is 3.45. The molecule has 5 heteroatoms. The Labute approximate surface area is 160 Å². The van der Waals surface area contributed by atoms with Crippen LogP contribution >= 0.6 is 11.6 Å². The Bertz CT molecular complexity index is 1270. The van der Waals surface area contributed by atoms with Crippen LogP contribution < -0.4 is 10.7 Å². The van der Waals surface area contributed by atoms with Crippen LogP contribution in [0.5, 0.6) is 0 Å². The summed E-state index contributed by atoms with van der Waals surface area (Å²) in [6, 6.07) is 15.6. The van der Waals surface area contributed by atoms with Crippen LogP contribution in [-0.4, -0.2) is 5.91 Å². The van der Waals surface area contributed by atoms with Gasteiger partial charge >= 0.3 is 0 Å². The molecule has 1 heterocycles. The summed E-state index contributed by atoms with van der Waals surface area (Å²) in [7, 11) is 0. The molecular formula is C22H16ClNO3. The molecule has 0 bridgehead atoms. The topological polar surface area (TPSA) is 59.3 Å². The van der Waals surface area contributed by atoms with Gasteiger partial charge < -0.3 is 9.73 Å². The third-order valence-electron chi connectivity index (χ3n) is 4.48. The Morgan fingerprint density at radius 2 is 1.78 bits per heavy atom. The van der Waals surface area contributed by atoms with Crippen molar-refractivity contribution >= 4 is 45.1 Å². The van der Waals surface area contributed by atoms with Gasteiger partial charge in [-0.15, -0.1) is 0 Å². The maximum absolute atomic E-state index is 12.8. The molecule has 1 aromatic heterocycles. The fraction of sp³-hybridized carbons (Fsp3) is 0.0909. The predicted octanol–water partition coefficient (Wildman–Crippen LogP) is 5.47. The summed E-state index contributed by atoms with van der Waals surface area (Å²) in [5.74, 6) is -0.324. The summed E-state index contributed by atoms with van der Waals surface area (Å²) in [6.07, 6.45) is 0. The van der Waals surface area contributed by atoms with Crippen molar-refractivity contribution in [2.24, 2.45) is 0 Å². The highest BCUT2D eigenvalue weighted by molar-refractivity contribution is 6.34. The van der Waals surface area contributed by atoms with E-state index in [1.807, 2.05) is 26.0 Å². The highest BCUT2D eigenvalue weighted by Crippen LogP contribution is 2.25. The van der Waals surface area contributed by atoms with E-state index >= 15 is 0 Å². The summed E-state index contributed by atoms with van der Waals surface area (Å²) in [4.78, 5) is 25.3. The second-order valence-corrected chi connectivity index (χ2v) is 6.94. The third kappa shape index (κ3) is 3.09.